The zero-order chi connectivity index (χ0) is 13.7. The fourth-order valence-corrected chi connectivity index (χ4v) is 3.39. The molecule has 0 aliphatic rings. The first-order valence-corrected chi connectivity index (χ1v) is 8.30. The van der Waals surface area contributed by atoms with Crippen molar-refractivity contribution in [3.05, 3.63) is 67.7 Å². The van der Waals surface area contributed by atoms with Gasteiger partial charge in [-0.25, -0.2) is 0 Å². The lowest BCUT2D eigenvalue weighted by molar-refractivity contribution is 0.547. The van der Waals surface area contributed by atoms with Gasteiger partial charge in [-0.2, -0.15) is 0 Å². The standard InChI is InChI=1S/C16H17BrIN/c1-2-19-16(13-8-4-6-10-15(13)18)11-12-7-3-5-9-14(12)17/h3-10,16,19H,2,11H2,1H3. The fraction of sp³-hybridized carbons (Fsp3) is 0.250. The Morgan fingerprint density at radius 2 is 1.79 bits per heavy atom. The van der Waals surface area contributed by atoms with Crippen LogP contribution in [-0.4, -0.2) is 6.54 Å². The second-order valence-electron chi connectivity index (χ2n) is 4.43. The minimum atomic E-state index is 0.358. The minimum Gasteiger partial charge on any atom is -0.310 e. The number of benzene rings is 2. The van der Waals surface area contributed by atoms with Crippen LogP contribution in [0.2, 0.25) is 0 Å². The molecule has 0 aromatic heterocycles. The highest BCUT2D eigenvalue weighted by Crippen LogP contribution is 2.26. The smallest absolute Gasteiger partial charge is 0.0371 e. The van der Waals surface area contributed by atoms with Gasteiger partial charge in [0.05, 0.1) is 0 Å². The lowest BCUT2D eigenvalue weighted by atomic mass is 9.99. The molecule has 1 nitrogen and oxygen atoms in total. The summed E-state index contributed by atoms with van der Waals surface area (Å²) >= 11 is 6.05. The molecule has 1 unspecified atom stereocenters. The average molecular weight is 430 g/mol. The van der Waals surface area contributed by atoms with Crippen LogP contribution in [0, 0.1) is 3.57 Å². The third-order valence-electron chi connectivity index (χ3n) is 3.11. The van der Waals surface area contributed by atoms with Crippen LogP contribution in [0.25, 0.3) is 0 Å². The summed E-state index contributed by atoms with van der Waals surface area (Å²) in [5.41, 5.74) is 2.72. The van der Waals surface area contributed by atoms with Crippen LogP contribution in [0.1, 0.15) is 24.1 Å². The molecule has 0 spiro atoms. The van der Waals surface area contributed by atoms with Gasteiger partial charge in [-0.3, -0.25) is 0 Å². The maximum absolute atomic E-state index is 3.64. The van der Waals surface area contributed by atoms with Gasteiger partial charge < -0.3 is 5.32 Å². The normalized spacial score (nSPS) is 12.4. The van der Waals surface area contributed by atoms with Crippen molar-refractivity contribution < 1.29 is 0 Å². The Morgan fingerprint density at radius 1 is 1.11 bits per heavy atom. The van der Waals surface area contributed by atoms with E-state index in [1.807, 2.05) is 0 Å². The molecule has 0 saturated carbocycles. The van der Waals surface area contributed by atoms with Crippen LogP contribution < -0.4 is 5.32 Å². The Bertz CT molecular complexity index is 542. The topological polar surface area (TPSA) is 12.0 Å². The molecule has 0 bridgehead atoms. The Hall–Kier alpha value is -0.390. The number of rotatable bonds is 5. The number of hydrogen-bond acceptors (Lipinski definition) is 1. The molecular weight excluding hydrogens is 413 g/mol. The maximum Gasteiger partial charge on any atom is 0.0371 e. The summed E-state index contributed by atoms with van der Waals surface area (Å²) in [6.07, 6.45) is 0.995. The van der Waals surface area contributed by atoms with Crippen molar-refractivity contribution in [1.29, 1.82) is 0 Å². The minimum absolute atomic E-state index is 0.358. The van der Waals surface area contributed by atoms with Gasteiger partial charge in [0.25, 0.3) is 0 Å². The van der Waals surface area contributed by atoms with Crippen LogP contribution in [0.15, 0.2) is 53.0 Å². The molecule has 2 aromatic rings. The first kappa shape index (κ1) is 15.0. The summed E-state index contributed by atoms with van der Waals surface area (Å²) in [5, 5.41) is 3.59. The number of likely N-dealkylation sites (N-methyl/N-ethyl adjacent to an activating group) is 1. The zero-order valence-electron chi connectivity index (χ0n) is 10.9. The summed E-state index contributed by atoms with van der Waals surface area (Å²) in [7, 11) is 0. The molecule has 0 amide bonds. The Morgan fingerprint density at radius 3 is 2.47 bits per heavy atom. The molecule has 100 valence electrons. The molecule has 0 fully saturated rings. The van der Waals surface area contributed by atoms with Gasteiger partial charge in [-0.15, -0.1) is 0 Å². The van der Waals surface area contributed by atoms with Gasteiger partial charge in [0.15, 0.2) is 0 Å². The van der Waals surface area contributed by atoms with Crippen molar-refractivity contribution in [3.63, 3.8) is 0 Å². The van der Waals surface area contributed by atoms with E-state index in [-0.39, 0.29) is 0 Å². The summed E-state index contributed by atoms with van der Waals surface area (Å²) in [5.74, 6) is 0. The largest absolute Gasteiger partial charge is 0.310 e. The van der Waals surface area contributed by atoms with Crippen molar-refractivity contribution in [2.24, 2.45) is 0 Å². The van der Waals surface area contributed by atoms with E-state index in [0.29, 0.717) is 6.04 Å². The van der Waals surface area contributed by atoms with E-state index in [1.54, 1.807) is 0 Å². The lowest BCUT2D eigenvalue weighted by Crippen LogP contribution is -2.23. The number of hydrogen-bond donors (Lipinski definition) is 1. The van der Waals surface area contributed by atoms with Crippen LogP contribution in [-0.2, 0) is 6.42 Å². The average Bonchev–Trinajstić information content (AvgIpc) is 2.41. The summed E-state index contributed by atoms with van der Waals surface area (Å²) in [6, 6.07) is 17.4. The van der Waals surface area contributed by atoms with E-state index in [9.17, 15) is 0 Å². The molecule has 0 aliphatic carbocycles. The Balaban J connectivity index is 2.27. The highest BCUT2D eigenvalue weighted by Gasteiger charge is 2.14. The van der Waals surface area contributed by atoms with Gasteiger partial charge in [-0.05, 0) is 58.8 Å². The summed E-state index contributed by atoms with van der Waals surface area (Å²) in [6.45, 7) is 3.13. The van der Waals surface area contributed by atoms with E-state index in [0.717, 1.165) is 13.0 Å². The van der Waals surface area contributed by atoms with Gasteiger partial charge in [0.1, 0.15) is 0 Å². The third kappa shape index (κ3) is 4.04. The van der Waals surface area contributed by atoms with Crippen molar-refractivity contribution in [3.8, 4) is 0 Å². The predicted octanol–water partition coefficient (Wildman–Crippen LogP) is 4.95. The lowest BCUT2D eigenvalue weighted by Gasteiger charge is -2.20. The zero-order valence-corrected chi connectivity index (χ0v) is 14.6. The van der Waals surface area contributed by atoms with Crippen molar-refractivity contribution in [2.45, 2.75) is 19.4 Å². The molecule has 0 aliphatic heterocycles. The molecule has 3 heteroatoms. The Labute approximate surface area is 137 Å². The summed E-state index contributed by atoms with van der Waals surface area (Å²) < 4.78 is 2.50. The van der Waals surface area contributed by atoms with E-state index in [2.05, 4.69) is 99.3 Å². The molecule has 1 atom stereocenters. The molecule has 2 aromatic carbocycles. The van der Waals surface area contributed by atoms with Gasteiger partial charge in [-0.1, -0.05) is 59.3 Å². The first-order chi connectivity index (χ1) is 9.22. The fourth-order valence-electron chi connectivity index (χ4n) is 2.18. The molecule has 0 radical (unpaired) electrons. The molecule has 0 saturated heterocycles. The first-order valence-electron chi connectivity index (χ1n) is 6.43. The third-order valence-corrected chi connectivity index (χ3v) is 4.87. The second-order valence-corrected chi connectivity index (χ2v) is 6.44. The molecule has 1 N–H and O–H groups in total. The number of halogens is 2. The van der Waals surface area contributed by atoms with Gasteiger partial charge in [0, 0.05) is 14.1 Å². The highest BCUT2D eigenvalue weighted by molar-refractivity contribution is 14.1. The summed E-state index contributed by atoms with van der Waals surface area (Å²) in [4.78, 5) is 0. The molecule has 0 heterocycles. The maximum atomic E-state index is 3.64. The van der Waals surface area contributed by atoms with E-state index in [1.165, 1.54) is 19.2 Å². The van der Waals surface area contributed by atoms with E-state index in [4.69, 9.17) is 0 Å². The predicted molar refractivity (Wildman–Crippen MR) is 93.4 cm³/mol. The van der Waals surface area contributed by atoms with Crippen molar-refractivity contribution in [2.75, 3.05) is 6.54 Å². The van der Waals surface area contributed by atoms with E-state index >= 15 is 0 Å². The van der Waals surface area contributed by atoms with Crippen molar-refractivity contribution in [1.82, 2.24) is 5.32 Å². The monoisotopic (exact) mass is 429 g/mol. The van der Waals surface area contributed by atoms with Gasteiger partial charge in [0.2, 0.25) is 0 Å². The second kappa shape index (κ2) is 7.41. The molecule has 2 rings (SSSR count). The van der Waals surface area contributed by atoms with Crippen LogP contribution in [0.4, 0.5) is 0 Å². The van der Waals surface area contributed by atoms with Crippen molar-refractivity contribution >= 4 is 38.5 Å². The highest BCUT2D eigenvalue weighted by atomic mass is 127. The van der Waals surface area contributed by atoms with Gasteiger partial charge >= 0.3 is 0 Å². The molecular formula is C16H17BrIN. The quantitative estimate of drug-likeness (QED) is 0.663. The molecule has 19 heavy (non-hydrogen) atoms. The van der Waals surface area contributed by atoms with E-state index < -0.39 is 0 Å². The van der Waals surface area contributed by atoms with Crippen LogP contribution >= 0.6 is 38.5 Å². The number of nitrogens with one attached hydrogen (secondary N) is 1. The van der Waals surface area contributed by atoms with Crippen LogP contribution in [0.5, 0.6) is 0 Å². The van der Waals surface area contributed by atoms with Crippen LogP contribution in [0.3, 0.4) is 0 Å². The SMILES string of the molecule is CCNC(Cc1ccccc1Br)c1ccccc1I. The Kier molecular flexibility index (Phi) is 5.85.